The van der Waals surface area contributed by atoms with E-state index in [9.17, 15) is 9.59 Å². The third kappa shape index (κ3) is 4.47. The zero-order valence-corrected chi connectivity index (χ0v) is 15.9. The van der Waals surface area contributed by atoms with Crippen LogP contribution in [-0.4, -0.2) is 23.9 Å². The first-order chi connectivity index (χ1) is 12.5. The fourth-order valence-corrected chi connectivity index (χ4v) is 3.87. The highest BCUT2D eigenvalue weighted by atomic mass is 32.1. The maximum atomic E-state index is 12.3. The van der Waals surface area contributed by atoms with Crippen molar-refractivity contribution < 1.29 is 14.3 Å². The Morgan fingerprint density at radius 2 is 1.92 bits per heavy atom. The molecule has 8 heteroatoms. The van der Waals surface area contributed by atoms with Crippen LogP contribution in [0.3, 0.4) is 0 Å². The molecule has 0 bridgehead atoms. The minimum absolute atomic E-state index is 0.0582. The topological polar surface area (TPSA) is 80.3 Å². The van der Waals surface area contributed by atoms with Gasteiger partial charge in [0.1, 0.15) is 5.75 Å². The smallest absolute Gasteiger partial charge is 0.257 e. The number of methoxy groups -OCH3 is 1. The van der Waals surface area contributed by atoms with Gasteiger partial charge in [-0.25, -0.2) is 4.98 Å². The van der Waals surface area contributed by atoms with E-state index < -0.39 is 0 Å². The van der Waals surface area contributed by atoms with Gasteiger partial charge in [0.25, 0.3) is 5.91 Å². The first-order valence-corrected chi connectivity index (χ1v) is 9.49. The van der Waals surface area contributed by atoms with E-state index in [1.54, 1.807) is 42.7 Å². The van der Waals surface area contributed by atoms with Gasteiger partial charge in [0, 0.05) is 22.7 Å². The Morgan fingerprint density at radius 1 is 1.15 bits per heavy atom. The molecule has 134 valence electrons. The van der Waals surface area contributed by atoms with Gasteiger partial charge < -0.3 is 10.1 Å². The van der Waals surface area contributed by atoms with Crippen LogP contribution in [0.25, 0.3) is 10.6 Å². The summed E-state index contributed by atoms with van der Waals surface area (Å²) in [6, 6.07) is 10.8. The van der Waals surface area contributed by atoms with Gasteiger partial charge >= 0.3 is 0 Å². The average molecular weight is 387 g/mol. The second-order valence-corrected chi connectivity index (χ2v) is 7.42. The first-order valence-electron chi connectivity index (χ1n) is 7.79. The van der Waals surface area contributed by atoms with Crippen LogP contribution in [0.2, 0.25) is 0 Å². The molecule has 26 heavy (non-hydrogen) atoms. The molecule has 0 aliphatic carbocycles. The lowest BCUT2D eigenvalue weighted by molar-refractivity contribution is -0.119. The summed E-state index contributed by atoms with van der Waals surface area (Å²) < 4.78 is 5.09. The number of carbonyl (C=O) groups is 2. The van der Waals surface area contributed by atoms with E-state index in [0.29, 0.717) is 23.0 Å². The summed E-state index contributed by atoms with van der Waals surface area (Å²) in [5.41, 5.74) is 1.34. The Balaban J connectivity index is 1.65. The van der Waals surface area contributed by atoms with E-state index in [2.05, 4.69) is 15.6 Å². The van der Waals surface area contributed by atoms with Gasteiger partial charge in [-0.15, -0.1) is 22.7 Å². The lowest BCUT2D eigenvalue weighted by atomic mass is 10.2. The summed E-state index contributed by atoms with van der Waals surface area (Å²) in [5.74, 6) is 0.425. The number of thiazole rings is 1. The van der Waals surface area contributed by atoms with Gasteiger partial charge in [0.15, 0.2) is 5.13 Å². The lowest BCUT2D eigenvalue weighted by Gasteiger charge is -2.03. The standard InChI is InChI=1S/C18H17N3O3S2/c1-11(22)19-9-14-7-8-16(26-14)15-10-25-18(20-15)21-17(23)12-3-5-13(24-2)6-4-12/h3-8,10H,9H2,1-2H3,(H,19,22)(H,20,21,23). The summed E-state index contributed by atoms with van der Waals surface area (Å²) >= 11 is 2.94. The van der Waals surface area contributed by atoms with Crippen molar-refractivity contribution in [2.75, 3.05) is 12.4 Å². The molecule has 6 nitrogen and oxygen atoms in total. The number of aromatic nitrogens is 1. The van der Waals surface area contributed by atoms with E-state index in [4.69, 9.17) is 4.74 Å². The molecule has 2 amide bonds. The number of carbonyl (C=O) groups excluding carboxylic acids is 2. The van der Waals surface area contributed by atoms with Crippen molar-refractivity contribution in [3.8, 4) is 16.3 Å². The Hall–Kier alpha value is -2.71. The van der Waals surface area contributed by atoms with Gasteiger partial charge in [-0.1, -0.05) is 0 Å². The second kappa shape index (κ2) is 8.11. The summed E-state index contributed by atoms with van der Waals surface area (Å²) in [5, 5.41) is 8.02. The number of hydrogen-bond acceptors (Lipinski definition) is 6. The van der Waals surface area contributed by atoms with Gasteiger partial charge in [-0.3, -0.25) is 14.9 Å². The second-order valence-electron chi connectivity index (χ2n) is 5.40. The average Bonchev–Trinajstić information content (AvgIpc) is 3.29. The molecule has 3 rings (SSSR count). The largest absolute Gasteiger partial charge is 0.497 e. The maximum Gasteiger partial charge on any atom is 0.257 e. The number of rotatable bonds is 6. The Kier molecular flexibility index (Phi) is 5.65. The van der Waals surface area contributed by atoms with Gasteiger partial charge in [0.2, 0.25) is 5.91 Å². The molecule has 0 radical (unpaired) electrons. The Labute approximate surface area is 158 Å². The molecule has 3 aromatic rings. The molecule has 0 unspecified atom stereocenters. The van der Waals surface area contributed by atoms with Crippen LogP contribution < -0.4 is 15.4 Å². The predicted octanol–water partition coefficient (Wildman–Crippen LogP) is 3.77. The van der Waals surface area contributed by atoms with Crippen LogP contribution in [0.15, 0.2) is 41.8 Å². The summed E-state index contributed by atoms with van der Waals surface area (Å²) in [7, 11) is 1.58. The fraction of sp³-hybridized carbons (Fsp3) is 0.167. The van der Waals surface area contributed by atoms with Crippen molar-refractivity contribution in [2.45, 2.75) is 13.5 Å². The monoisotopic (exact) mass is 387 g/mol. The molecule has 0 atom stereocenters. The number of benzene rings is 1. The number of ether oxygens (including phenoxy) is 1. The van der Waals surface area contributed by atoms with Crippen molar-refractivity contribution in [1.82, 2.24) is 10.3 Å². The third-order valence-corrected chi connectivity index (χ3v) is 5.37. The van der Waals surface area contributed by atoms with Crippen LogP contribution in [0.5, 0.6) is 5.75 Å². The molecule has 2 heterocycles. The molecule has 2 aromatic heterocycles. The Bertz CT molecular complexity index is 916. The number of nitrogens with zero attached hydrogens (tertiary/aromatic N) is 1. The van der Waals surface area contributed by atoms with E-state index in [0.717, 1.165) is 15.4 Å². The minimum atomic E-state index is -0.217. The third-order valence-electron chi connectivity index (χ3n) is 3.50. The van der Waals surface area contributed by atoms with Crippen LogP contribution in [0, 0.1) is 0 Å². The molecule has 0 aliphatic heterocycles. The maximum absolute atomic E-state index is 12.3. The lowest BCUT2D eigenvalue weighted by Crippen LogP contribution is -2.17. The highest BCUT2D eigenvalue weighted by molar-refractivity contribution is 7.17. The van der Waals surface area contributed by atoms with Gasteiger partial charge in [-0.05, 0) is 36.4 Å². The summed E-state index contributed by atoms with van der Waals surface area (Å²) in [6.45, 7) is 2.00. The first kappa shape index (κ1) is 18.1. The molecule has 2 N–H and O–H groups in total. The van der Waals surface area contributed by atoms with E-state index in [-0.39, 0.29) is 11.8 Å². The number of hydrogen-bond donors (Lipinski definition) is 2. The highest BCUT2D eigenvalue weighted by Crippen LogP contribution is 2.31. The molecule has 0 aliphatic rings. The van der Waals surface area contributed by atoms with Gasteiger partial charge in [0.05, 0.1) is 24.2 Å². The normalized spacial score (nSPS) is 10.4. The number of amides is 2. The highest BCUT2D eigenvalue weighted by Gasteiger charge is 2.11. The number of nitrogens with one attached hydrogen (secondary N) is 2. The van der Waals surface area contributed by atoms with E-state index in [1.807, 2.05) is 17.5 Å². The Morgan fingerprint density at radius 3 is 2.62 bits per heavy atom. The van der Waals surface area contributed by atoms with Crippen LogP contribution in [0.4, 0.5) is 5.13 Å². The predicted molar refractivity (Wildman–Crippen MR) is 104 cm³/mol. The quantitative estimate of drug-likeness (QED) is 0.675. The zero-order chi connectivity index (χ0) is 18.5. The molecular weight excluding hydrogens is 370 g/mol. The minimum Gasteiger partial charge on any atom is -0.497 e. The molecule has 0 spiro atoms. The van der Waals surface area contributed by atoms with Crippen molar-refractivity contribution in [3.05, 3.63) is 52.2 Å². The SMILES string of the molecule is COc1ccc(C(=O)Nc2nc(-c3ccc(CNC(C)=O)s3)cs2)cc1. The van der Waals surface area contributed by atoms with Crippen LogP contribution >= 0.6 is 22.7 Å². The summed E-state index contributed by atoms with van der Waals surface area (Å²) in [6.07, 6.45) is 0. The molecule has 0 saturated carbocycles. The van der Waals surface area contributed by atoms with Crippen molar-refractivity contribution in [1.29, 1.82) is 0 Å². The summed E-state index contributed by atoms with van der Waals surface area (Å²) in [4.78, 5) is 29.8. The van der Waals surface area contributed by atoms with Crippen molar-refractivity contribution in [2.24, 2.45) is 0 Å². The molecule has 1 aromatic carbocycles. The molecule has 0 saturated heterocycles. The number of thiophene rings is 1. The van der Waals surface area contributed by atoms with E-state index in [1.165, 1.54) is 18.3 Å². The van der Waals surface area contributed by atoms with Crippen LogP contribution in [0.1, 0.15) is 22.2 Å². The van der Waals surface area contributed by atoms with Crippen molar-refractivity contribution in [3.63, 3.8) is 0 Å². The van der Waals surface area contributed by atoms with Crippen LogP contribution in [-0.2, 0) is 11.3 Å². The molecule has 0 fully saturated rings. The molecular formula is C18H17N3O3S2. The number of anilines is 1. The van der Waals surface area contributed by atoms with Crippen molar-refractivity contribution >= 4 is 39.6 Å². The van der Waals surface area contributed by atoms with Gasteiger partial charge in [-0.2, -0.15) is 0 Å². The fourth-order valence-electron chi connectivity index (χ4n) is 2.18. The zero-order valence-electron chi connectivity index (χ0n) is 14.2. The van der Waals surface area contributed by atoms with E-state index >= 15 is 0 Å².